The van der Waals surface area contributed by atoms with Crippen LogP contribution in [-0.2, 0) is 6.54 Å². The summed E-state index contributed by atoms with van der Waals surface area (Å²) in [7, 11) is 0. The molecule has 0 amide bonds. The molecule has 0 radical (unpaired) electrons. The van der Waals surface area contributed by atoms with Crippen LogP contribution in [-0.4, -0.2) is 27.5 Å². The Kier molecular flexibility index (Phi) is 4.31. The van der Waals surface area contributed by atoms with Gasteiger partial charge >= 0.3 is 0 Å². The number of piperidine rings is 1. The molecule has 1 aliphatic heterocycles. The van der Waals surface area contributed by atoms with Crippen LogP contribution in [0.1, 0.15) is 24.8 Å². The smallest absolute Gasteiger partial charge is 0.0902 e. The molecule has 1 unspecified atom stereocenters. The minimum atomic E-state index is 0.211. The monoisotopic (exact) mass is 269 g/mol. The van der Waals surface area contributed by atoms with Crippen LogP contribution in [0.3, 0.4) is 0 Å². The minimum absolute atomic E-state index is 0.211. The van der Waals surface area contributed by atoms with E-state index in [2.05, 4.69) is 9.88 Å². The summed E-state index contributed by atoms with van der Waals surface area (Å²) in [6, 6.07) is 2.16. The molecule has 0 spiro atoms. The number of nitrogens with two attached hydrogens (primary N) is 1. The molecule has 1 aromatic rings. The molecule has 0 aliphatic carbocycles. The fourth-order valence-corrected chi connectivity index (χ4v) is 2.70. The highest BCUT2D eigenvalue weighted by Crippen LogP contribution is 2.22. The predicted molar refractivity (Wildman–Crippen MR) is 74.1 cm³/mol. The van der Waals surface area contributed by atoms with Crippen molar-refractivity contribution in [3.63, 3.8) is 0 Å². The Morgan fingerprint density at radius 2 is 2.41 bits per heavy atom. The number of aromatic nitrogens is 1. The Morgan fingerprint density at radius 1 is 1.59 bits per heavy atom. The van der Waals surface area contributed by atoms with Crippen LogP contribution in [0.2, 0.25) is 5.02 Å². The van der Waals surface area contributed by atoms with Crippen molar-refractivity contribution in [3.8, 4) is 0 Å². The zero-order chi connectivity index (χ0) is 12.3. The summed E-state index contributed by atoms with van der Waals surface area (Å²) in [5.41, 5.74) is 6.88. The van der Waals surface area contributed by atoms with E-state index in [9.17, 15) is 0 Å². The van der Waals surface area contributed by atoms with E-state index >= 15 is 0 Å². The summed E-state index contributed by atoms with van der Waals surface area (Å²) in [5.74, 6) is 0. The molecule has 3 nitrogen and oxygen atoms in total. The summed E-state index contributed by atoms with van der Waals surface area (Å²) < 4.78 is 0. The summed E-state index contributed by atoms with van der Waals surface area (Å²) in [6.45, 7) is 1.82. The van der Waals surface area contributed by atoms with Gasteiger partial charge in [-0.3, -0.25) is 9.88 Å². The highest BCUT2D eigenvalue weighted by Gasteiger charge is 2.24. The lowest BCUT2D eigenvalue weighted by atomic mass is 10.0. The van der Waals surface area contributed by atoms with Gasteiger partial charge in [-0.2, -0.15) is 0 Å². The van der Waals surface area contributed by atoms with Crippen molar-refractivity contribution >= 4 is 28.8 Å². The number of thiocarbonyl (C=S) groups is 1. The van der Waals surface area contributed by atoms with E-state index in [0.29, 0.717) is 10.0 Å². The molecule has 92 valence electrons. The van der Waals surface area contributed by atoms with Gasteiger partial charge in [-0.05, 0) is 31.0 Å². The number of pyridine rings is 1. The lowest BCUT2D eigenvalue weighted by Crippen LogP contribution is -2.46. The third-order valence-electron chi connectivity index (χ3n) is 3.17. The second-order valence-corrected chi connectivity index (χ2v) is 5.23. The van der Waals surface area contributed by atoms with Crippen molar-refractivity contribution in [3.05, 3.63) is 29.0 Å². The second kappa shape index (κ2) is 5.76. The fraction of sp³-hybridized carbons (Fsp3) is 0.500. The van der Waals surface area contributed by atoms with E-state index in [1.54, 1.807) is 12.4 Å². The molecule has 2 heterocycles. The quantitative estimate of drug-likeness (QED) is 0.856. The lowest BCUT2D eigenvalue weighted by molar-refractivity contribution is 0.184. The van der Waals surface area contributed by atoms with E-state index in [0.717, 1.165) is 25.1 Å². The highest BCUT2D eigenvalue weighted by atomic mass is 35.5. The molecular weight excluding hydrogens is 254 g/mol. The first kappa shape index (κ1) is 12.7. The van der Waals surface area contributed by atoms with Crippen molar-refractivity contribution < 1.29 is 0 Å². The van der Waals surface area contributed by atoms with Crippen LogP contribution in [0.5, 0.6) is 0 Å². The van der Waals surface area contributed by atoms with Gasteiger partial charge in [0.05, 0.1) is 16.1 Å². The Balaban J connectivity index is 2.11. The maximum Gasteiger partial charge on any atom is 0.0902 e. The van der Waals surface area contributed by atoms with Crippen molar-refractivity contribution in [2.24, 2.45) is 5.73 Å². The van der Waals surface area contributed by atoms with E-state index in [4.69, 9.17) is 29.6 Å². The molecule has 0 bridgehead atoms. The topological polar surface area (TPSA) is 42.1 Å². The average molecular weight is 270 g/mol. The van der Waals surface area contributed by atoms with Crippen LogP contribution in [0.25, 0.3) is 0 Å². The number of hydrogen-bond donors (Lipinski definition) is 1. The van der Waals surface area contributed by atoms with Crippen LogP contribution in [0.4, 0.5) is 0 Å². The maximum atomic E-state index is 6.12. The first-order valence-electron chi connectivity index (χ1n) is 5.80. The third-order valence-corrected chi connectivity index (χ3v) is 3.78. The normalized spacial score (nSPS) is 21.4. The summed E-state index contributed by atoms with van der Waals surface area (Å²) in [6.07, 6.45) is 6.89. The van der Waals surface area contributed by atoms with Crippen molar-refractivity contribution in [2.75, 3.05) is 6.54 Å². The summed E-state index contributed by atoms with van der Waals surface area (Å²) >= 11 is 11.2. The molecular formula is C12H16ClN3S. The van der Waals surface area contributed by atoms with Gasteiger partial charge in [0, 0.05) is 18.9 Å². The van der Waals surface area contributed by atoms with Gasteiger partial charge in [0.2, 0.25) is 0 Å². The molecule has 0 aromatic carbocycles. The van der Waals surface area contributed by atoms with Gasteiger partial charge in [0.15, 0.2) is 0 Å². The Hall–Kier alpha value is -0.710. The van der Waals surface area contributed by atoms with Crippen LogP contribution < -0.4 is 5.73 Å². The van der Waals surface area contributed by atoms with E-state index in [1.165, 1.54) is 12.8 Å². The molecule has 5 heteroatoms. The first-order valence-corrected chi connectivity index (χ1v) is 6.59. The Labute approximate surface area is 112 Å². The zero-order valence-corrected chi connectivity index (χ0v) is 11.2. The van der Waals surface area contributed by atoms with Crippen molar-refractivity contribution in [1.82, 2.24) is 9.88 Å². The highest BCUT2D eigenvalue weighted by molar-refractivity contribution is 7.80. The molecule has 1 fully saturated rings. The molecule has 1 saturated heterocycles. The molecule has 17 heavy (non-hydrogen) atoms. The Bertz CT molecular complexity index is 410. The van der Waals surface area contributed by atoms with Crippen LogP contribution >= 0.6 is 23.8 Å². The first-order chi connectivity index (χ1) is 8.18. The molecule has 0 saturated carbocycles. The summed E-state index contributed by atoms with van der Waals surface area (Å²) in [5, 5.41) is 0.708. The lowest BCUT2D eigenvalue weighted by Gasteiger charge is -2.35. The van der Waals surface area contributed by atoms with Gasteiger partial charge in [-0.1, -0.05) is 30.2 Å². The molecule has 1 aromatic heterocycles. The standard InChI is InChI=1S/C12H16ClN3S/c13-10-7-15-5-4-9(10)8-16-6-2-1-3-11(16)12(14)17/h4-5,7,11H,1-3,6,8H2,(H2,14,17). The Morgan fingerprint density at radius 3 is 3.12 bits per heavy atom. The van der Waals surface area contributed by atoms with Gasteiger partial charge in [-0.25, -0.2) is 0 Å². The van der Waals surface area contributed by atoms with Gasteiger partial charge in [-0.15, -0.1) is 0 Å². The van der Waals surface area contributed by atoms with Crippen LogP contribution in [0, 0.1) is 0 Å². The predicted octanol–water partition coefficient (Wildman–Crippen LogP) is 2.38. The van der Waals surface area contributed by atoms with Crippen molar-refractivity contribution in [2.45, 2.75) is 31.8 Å². The largest absolute Gasteiger partial charge is 0.392 e. The third kappa shape index (κ3) is 3.15. The molecule has 2 N–H and O–H groups in total. The molecule has 2 rings (SSSR count). The number of nitrogens with zero attached hydrogens (tertiary/aromatic N) is 2. The average Bonchev–Trinajstić information content (AvgIpc) is 2.32. The van der Waals surface area contributed by atoms with E-state index in [1.807, 2.05) is 6.07 Å². The summed E-state index contributed by atoms with van der Waals surface area (Å²) in [4.78, 5) is 6.90. The number of halogens is 1. The van der Waals surface area contributed by atoms with E-state index < -0.39 is 0 Å². The number of hydrogen-bond acceptors (Lipinski definition) is 3. The molecule has 1 aliphatic rings. The number of likely N-dealkylation sites (tertiary alicyclic amines) is 1. The van der Waals surface area contributed by atoms with Crippen LogP contribution in [0.15, 0.2) is 18.5 Å². The maximum absolute atomic E-state index is 6.12. The fourth-order valence-electron chi connectivity index (χ4n) is 2.25. The zero-order valence-electron chi connectivity index (χ0n) is 9.60. The number of rotatable bonds is 3. The minimum Gasteiger partial charge on any atom is -0.392 e. The van der Waals surface area contributed by atoms with Gasteiger partial charge in [0.25, 0.3) is 0 Å². The van der Waals surface area contributed by atoms with Gasteiger partial charge < -0.3 is 5.73 Å². The molecule has 1 atom stereocenters. The SMILES string of the molecule is NC(=S)C1CCCCN1Cc1ccncc1Cl. The van der Waals surface area contributed by atoms with E-state index in [-0.39, 0.29) is 6.04 Å². The van der Waals surface area contributed by atoms with Crippen molar-refractivity contribution in [1.29, 1.82) is 0 Å². The van der Waals surface area contributed by atoms with Gasteiger partial charge in [0.1, 0.15) is 0 Å². The second-order valence-electron chi connectivity index (χ2n) is 4.35.